The van der Waals surface area contributed by atoms with Crippen LogP contribution in [0.25, 0.3) is 6.08 Å². The van der Waals surface area contributed by atoms with Gasteiger partial charge in [0.05, 0.1) is 16.1 Å². The summed E-state index contributed by atoms with van der Waals surface area (Å²) >= 11 is 22.0. The Morgan fingerprint density at radius 2 is 1.88 bits per heavy atom. The van der Waals surface area contributed by atoms with Crippen molar-refractivity contribution in [1.82, 2.24) is 0 Å². The first-order valence-corrected chi connectivity index (χ1v) is 11.9. The molecule has 3 aromatic rings. The van der Waals surface area contributed by atoms with Crippen molar-refractivity contribution in [3.63, 3.8) is 0 Å². The number of nitrogens with zero attached hydrogens (tertiary/aromatic N) is 1. The highest BCUT2D eigenvalue weighted by molar-refractivity contribution is 9.10. The smallest absolute Gasteiger partial charge is 0.266 e. The molecule has 0 bridgehead atoms. The fourth-order valence-electron chi connectivity index (χ4n) is 2.93. The van der Waals surface area contributed by atoms with E-state index in [1.165, 1.54) is 6.08 Å². The molecule has 0 unspecified atom stereocenters. The minimum Gasteiger partial charge on any atom is -0.494 e. The molecule has 9 heteroatoms. The van der Waals surface area contributed by atoms with Crippen molar-refractivity contribution in [3.8, 4) is 17.6 Å². The van der Waals surface area contributed by atoms with Crippen LogP contribution in [0.2, 0.25) is 15.1 Å². The first-order chi connectivity index (χ1) is 16.3. The van der Waals surface area contributed by atoms with E-state index in [2.05, 4.69) is 21.2 Å². The van der Waals surface area contributed by atoms with Crippen LogP contribution in [0, 0.1) is 11.3 Å². The maximum absolute atomic E-state index is 12.6. The normalized spacial score (nSPS) is 11.0. The van der Waals surface area contributed by atoms with E-state index in [4.69, 9.17) is 44.3 Å². The van der Waals surface area contributed by atoms with E-state index < -0.39 is 5.91 Å². The summed E-state index contributed by atoms with van der Waals surface area (Å²) in [6, 6.07) is 17.3. The summed E-state index contributed by atoms with van der Waals surface area (Å²) < 4.78 is 11.8. The molecule has 34 heavy (non-hydrogen) atoms. The monoisotopic (exact) mass is 578 g/mol. The highest BCUT2D eigenvalue weighted by atomic mass is 79.9. The molecule has 3 aromatic carbocycles. The van der Waals surface area contributed by atoms with Crippen molar-refractivity contribution in [1.29, 1.82) is 5.26 Å². The van der Waals surface area contributed by atoms with Gasteiger partial charge in [-0.15, -0.1) is 0 Å². The number of carbonyl (C=O) groups excluding carboxylic acids is 1. The third-order valence-electron chi connectivity index (χ3n) is 4.49. The third-order valence-corrected chi connectivity index (χ3v) is 5.94. The number of nitriles is 1. The van der Waals surface area contributed by atoms with Crippen molar-refractivity contribution in [2.24, 2.45) is 0 Å². The standard InChI is InChI=1S/C25H18BrCl3N2O3/c1-2-33-20-5-3-4-19(12-20)31-25(32)17(13-30)8-15-9-21(26)24(23(29)10-15)34-14-16-6-7-18(27)11-22(16)28/h3-12H,2,14H2,1H3,(H,31,32)/b17-8-. The lowest BCUT2D eigenvalue weighted by atomic mass is 10.1. The van der Waals surface area contributed by atoms with Crippen LogP contribution in [-0.4, -0.2) is 12.5 Å². The molecule has 0 saturated carbocycles. The molecule has 0 aromatic heterocycles. The van der Waals surface area contributed by atoms with Crippen LogP contribution in [0.4, 0.5) is 5.69 Å². The largest absolute Gasteiger partial charge is 0.494 e. The van der Waals surface area contributed by atoms with Crippen LogP contribution in [0.5, 0.6) is 11.5 Å². The Kier molecular flexibility index (Phi) is 9.26. The first-order valence-electron chi connectivity index (χ1n) is 10.0. The zero-order valence-electron chi connectivity index (χ0n) is 17.9. The van der Waals surface area contributed by atoms with Gasteiger partial charge in [-0.2, -0.15) is 5.26 Å². The summed E-state index contributed by atoms with van der Waals surface area (Å²) in [5.41, 5.74) is 1.71. The van der Waals surface area contributed by atoms with Gasteiger partial charge in [0.1, 0.15) is 24.0 Å². The second-order valence-electron chi connectivity index (χ2n) is 6.92. The lowest BCUT2D eigenvalue weighted by Crippen LogP contribution is -2.13. The molecule has 0 heterocycles. The Morgan fingerprint density at radius 3 is 2.56 bits per heavy atom. The predicted molar refractivity (Wildman–Crippen MR) is 140 cm³/mol. The number of amides is 1. The second kappa shape index (κ2) is 12.1. The highest BCUT2D eigenvalue weighted by Gasteiger charge is 2.14. The van der Waals surface area contributed by atoms with Crippen LogP contribution in [0.1, 0.15) is 18.1 Å². The van der Waals surface area contributed by atoms with Crippen molar-refractivity contribution in [3.05, 3.63) is 90.8 Å². The van der Waals surface area contributed by atoms with E-state index in [9.17, 15) is 10.1 Å². The predicted octanol–water partition coefficient (Wildman–Crippen LogP) is 7.93. The molecule has 0 aliphatic carbocycles. The average molecular weight is 581 g/mol. The molecule has 1 N–H and O–H groups in total. The average Bonchev–Trinajstić information content (AvgIpc) is 2.78. The zero-order valence-corrected chi connectivity index (χ0v) is 21.7. The van der Waals surface area contributed by atoms with Gasteiger partial charge in [0.25, 0.3) is 5.91 Å². The number of carbonyl (C=O) groups is 1. The number of benzene rings is 3. The van der Waals surface area contributed by atoms with Crippen molar-refractivity contribution < 1.29 is 14.3 Å². The van der Waals surface area contributed by atoms with Crippen molar-refractivity contribution in [2.75, 3.05) is 11.9 Å². The van der Waals surface area contributed by atoms with Gasteiger partial charge in [0, 0.05) is 27.4 Å². The molecular formula is C25H18BrCl3N2O3. The fraction of sp³-hybridized carbons (Fsp3) is 0.120. The first kappa shape index (κ1) is 25.9. The topological polar surface area (TPSA) is 71.3 Å². The number of ether oxygens (including phenoxy) is 2. The van der Waals surface area contributed by atoms with E-state index in [0.29, 0.717) is 48.9 Å². The van der Waals surface area contributed by atoms with E-state index in [0.717, 1.165) is 5.56 Å². The second-order valence-corrected chi connectivity index (χ2v) is 9.03. The summed E-state index contributed by atoms with van der Waals surface area (Å²) in [4.78, 5) is 12.6. The number of anilines is 1. The Hall–Kier alpha value is -2.69. The van der Waals surface area contributed by atoms with E-state index >= 15 is 0 Å². The van der Waals surface area contributed by atoms with Crippen LogP contribution >= 0.6 is 50.7 Å². The summed E-state index contributed by atoms with van der Waals surface area (Å²) in [7, 11) is 0. The van der Waals surface area contributed by atoms with Crippen LogP contribution in [-0.2, 0) is 11.4 Å². The number of rotatable bonds is 8. The molecule has 0 aliphatic heterocycles. The Balaban J connectivity index is 1.76. The maximum atomic E-state index is 12.6. The van der Waals surface area contributed by atoms with Crippen LogP contribution < -0.4 is 14.8 Å². The molecule has 0 atom stereocenters. The lowest BCUT2D eigenvalue weighted by molar-refractivity contribution is -0.112. The number of hydrogen-bond acceptors (Lipinski definition) is 4. The van der Waals surface area contributed by atoms with Crippen molar-refractivity contribution >= 4 is 68.4 Å². The SMILES string of the molecule is CCOc1cccc(NC(=O)/C(C#N)=C\c2cc(Cl)c(OCc3ccc(Cl)cc3Cl)c(Br)c2)c1. The van der Waals surface area contributed by atoms with Gasteiger partial charge < -0.3 is 14.8 Å². The molecule has 174 valence electrons. The molecule has 0 radical (unpaired) electrons. The van der Waals surface area contributed by atoms with Crippen molar-refractivity contribution in [2.45, 2.75) is 13.5 Å². The quantitative estimate of drug-likeness (QED) is 0.217. The molecule has 0 spiro atoms. The lowest BCUT2D eigenvalue weighted by Gasteiger charge is -2.12. The van der Waals surface area contributed by atoms with Gasteiger partial charge in [-0.1, -0.05) is 46.9 Å². The van der Waals surface area contributed by atoms with Gasteiger partial charge in [0.15, 0.2) is 5.75 Å². The summed E-state index contributed by atoms with van der Waals surface area (Å²) in [6.07, 6.45) is 1.44. The molecule has 0 aliphatic rings. The molecule has 1 amide bonds. The number of halogens is 4. The fourth-order valence-corrected chi connectivity index (χ4v) is 4.39. The number of nitrogens with one attached hydrogen (secondary N) is 1. The molecule has 0 fully saturated rings. The number of hydrogen-bond donors (Lipinski definition) is 1. The minimum atomic E-state index is -0.555. The third kappa shape index (κ3) is 6.91. The van der Waals surface area contributed by atoms with Gasteiger partial charge >= 0.3 is 0 Å². The minimum absolute atomic E-state index is 0.0913. The summed E-state index contributed by atoms with van der Waals surface area (Å²) in [5.74, 6) is 0.468. The molecule has 3 rings (SSSR count). The van der Waals surface area contributed by atoms with E-state index in [1.807, 2.05) is 13.0 Å². The Bertz CT molecular complexity index is 1270. The summed E-state index contributed by atoms with van der Waals surface area (Å²) in [5, 5.41) is 13.5. The zero-order chi connectivity index (χ0) is 24.7. The Labute approximate surface area is 221 Å². The van der Waals surface area contributed by atoms with E-state index in [1.54, 1.807) is 54.6 Å². The van der Waals surface area contributed by atoms with Crippen LogP contribution in [0.15, 0.2) is 64.6 Å². The maximum Gasteiger partial charge on any atom is 0.266 e. The van der Waals surface area contributed by atoms with Gasteiger partial charge in [-0.3, -0.25) is 4.79 Å². The molecule has 5 nitrogen and oxygen atoms in total. The van der Waals surface area contributed by atoms with Crippen LogP contribution in [0.3, 0.4) is 0 Å². The van der Waals surface area contributed by atoms with Gasteiger partial charge in [-0.25, -0.2) is 0 Å². The van der Waals surface area contributed by atoms with E-state index in [-0.39, 0.29) is 12.2 Å². The van der Waals surface area contributed by atoms with Gasteiger partial charge in [0.2, 0.25) is 0 Å². The molecule has 0 saturated heterocycles. The highest BCUT2D eigenvalue weighted by Crippen LogP contribution is 2.36. The molecular weight excluding hydrogens is 563 g/mol. The van der Waals surface area contributed by atoms with Gasteiger partial charge in [-0.05, 0) is 70.9 Å². The summed E-state index contributed by atoms with van der Waals surface area (Å²) in [6.45, 7) is 2.55. The Morgan fingerprint density at radius 1 is 1.09 bits per heavy atom.